The SMILES string of the molecule is CCS(=O)(=O)N1CCN(C(=O)N2C(c3ccc(OC)cc3OC(C)C)=N[C@@H](c3ccc(Cl)cc3)[C@H]2c2ccc(Cl)cc2)CC1. The van der Waals surface area contributed by atoms with Gasteiger partial charge in [0.05, 0.1) is 30.6 Å². The highest BCUT2D eigenvalue weighted by molar-refractivity contribution is 7.89. The third kappa shape index (κ3) is 6.68. The number of aliphatic imine (C=N–C) groups is 1. The Balaban J connectivity index is 1.64. The fourth-order valence-electron chi connectivity index (χ4n) is 5.51. The number of ether oxygens (including phenoxy) is 2. The van der Waals surface area contributed by atoms with Gasteiger partial charge in [0.25, 0.3) is 0 Å². The van der Waals surface area contributed by atoms with Crippen molar-refractivity contribution in [3.8, 4) is 11.5 Å². The lowest BCUT2D eigenvalue weighted by molar-refractivity contribution is 0.143. The largest absolute Gasteiger partial charge is 0.497 e. The van der Waals surface area contributed by atoms with Gasteiger partial charge in [-0.05, 0) is 68.3 Å². The molecule has 1 fully saturated rings. The van der Waals surface area contributed by atoms with Crippen molar-refractivity contribution in [1.29, 1.82) is 0 Å². The summed E-state index contributed by atoms with van der Waals surface area (Å²) in [5, 5.41) is 1.17. The van der Waals surface area contributed by atoms with Crippen LogP contribution in [0.4, 0.5) is 4.79 Å². The van der Waals surface area contributed by atoms with E-state index in [1.54, 1.807) is 42.0 Å². The summed E-state index contributed by atoms with van der Waals surface area (Å²) in [6, 6.07) is 19.0. The standard InChI is InChI=1S/C32H36Cl2N4O5S/c1-5-44(40,41)37-18-16-36(17-19-37)32(39)38-30(23-8-12-25(34)13-9-23)29(22-6-10-24(33)11-7-22)35-31(38)27-15-14-26(42-4)20-28(27)43-21(2)3/h6-15,20-21,29-30H,5,16-19H2,1-4H3/t29-,30+/m0/s1. The lowest BCUT2D eigenvalue weighted by Crippen LogP contribution is -2.55. The maximum absolute atomic E-state index is 14.6. The summed E-state index contributed by atoms with van der Waals surface area (Å²) in [6.07, 6.45) is -0.153. The van der Waals surface area contributed by atoms with E-state index in [0.717, 1.165) is 11.1 Å². The number of carbonyl (C=O) groups excluding carboxylic acids is 1. The molecule has 0 spiro atoms. The van der Waals surface area contributed by atoms with Crippen molar-refractivity contribution in [1.82, 2.24) is 14.1 Å². The number of benzene rings is 3. The number of urea groups is 1. The zero-order valence-corrected chi connectivity index (χ0v) is 27.4. The fourth-order valence-corrected chi connectivity index (χ4v) is 6.85. The minimum atomic E-state index is -3.37. The second kappa shape index (κ2) is 13.4. The molecule has 3 aromatic carbocycles. The molecule has 0 saturated carbocycles. The smallest absolute Gasteiger partial charge is 0.326 e. The van der Waals surface area contributed by atoms with Crippen LogP contribution in [-0.4, -0.2) is 79.5 Å². The average Bonchev–Trinajstić information content (AvgIpc) is 3.41. The Morgan fingerprint density at radius 3 is 2.07 bits per heavy atom. The molecule has 0 aliphatic carbocycles. The van der Waals surface area contributed by atoms with Gasteiger partial charge >= 0.3 is 6.03 Å². The van der Waals surface area contributed by atoms with E-state index in [-0.39, 0.29) is 44.1 Å². The Morgan fingerprint density at radius 1 is 0.932 bits per heavy atom. The maximum atomic E-state index is 14.6. The first-order valence-corrected chi connectivity index (χ1v) is 16.9. The molecule has 3 aromatic rings. The number of halogens is 2. The molecule has 44 heavy (non-hydrogen) atoms. The highest BCUT2D eigenvalue weighted by Gasteiger charge is 2.45. The normalized spacial score (nSPS) is 19.3. The number of methoxy groups -OCH3 is 1. The van der Waals surface area contributed by atoms with Crippen molar-refractivity contribution in [2.24, 2.45) is 4.99 Å². The molecule has 0 bridgehead atoms. The van der Waals surface area contributed by atoms with Gasteiger partial charge in [-0.3, -0.25) is 9.89 Å². The van der Waals surface area contributed by atoms with Crippen molar-refractivity contribution in [3.63, 3.8) is 0 Å². The zero-order chi connectivity index (χ0) is 31.6. The molecule has 2 atom stereocenters. The average molecular weight is 660 g/mol. The van der Waals surface area contributed by atoms with E-state index in [9.17, 15) is 13.2 Å². The number of amides is 2. The van der Waals surface area contributed by atoms with Gasteiger partial charge in [0.1, 0.15) is 23.4 Å². The molecule has 0 N–H and O–H groups in total. The van der Waals surface area contributed by atoms with Crippen LogP contribution in [0.3, 0.4) is 0 Å². The molecule has 9 nitrogen and oxygen atoms in total. The van der Waals surface area contributed by atoms with Crippen LogP contribution in [0.2, 0.25) is 10.0 Å². The van der Waals surface area contributed by atoms with E-state index in [2.05, 4.69) is 0 Å². The van der Waals surface area contributed by atoms with Crippen LogP contribution in [0.15, 0.2) is 71.7 Å². The summed E-state index contributed by atoms with van der Waals surface area (Å²) in [7, 11) is -1.78. The van der Waals surface area contributed by atoms with E-state index in [0.29, 0.717) is 32.9 Å². The van der Waals surface area contributed by atoms with Crippen molar-refractivity contribution in [2.45, 2.75) is 39.0 Å². The molecular formula is C32H36Cl2N4O5S. The minimum absolute atomic E-state index is 0.0153. The van der Waals surface area contributed by atoms with E-state index in [1.165, 1.54) is 4.31 Å². The molecule has 2 heterocycles. The third-order valence-corrected chi connectivity index (χ3v) is 10.1. The lowest BCUT2D eigenvalue weighted by atomic mass is 9.93. The molecule has 0 unspecified atom stereocenters. The second-order valence-electron chi connectivity index (χ2n) is 10.9. The molecule has 0 aromatic heterocycles. The van der Waals surface area contributed by atoms with Gasteiger partial charge in [-0.15, -0.1) is 0 Å². The quantitative estimate of drug-likeness (QED) is 0.278. The van der Waals surface area contributed by atoms with Crippen LogP contribution in [0.5, 0.6) is 11.5 Å². The Hall–Kier alpha value is -3.31. The van der Waals surface area contributed by atoms with Crippen molar-refractivity contribution in [3.05, 3.63) is 93.5 Å². The number of hydrogen-bond donors (Lipinski definition) is 0. The molecule has 1 saturated heterocycles. The van der Waals surface area contributed by atoms with Gasteiger partial charge in [0, 0.05) is 42.3 Å². The summed E-state index contributed by atoms with van der Waals surface area (Å²) in [5.74, 6) is 1.59. The van der Waals surface area contributed by atoms with Crippen LogP contribution in [0.25, 0.3) is 0 Å². The maximum Gasteiger partial charge on any atom is 0.326 e. The van der Waals surface area contributed by atoms with Crippen LogP contribution in [0.1, 0.15) is 49.5 Å². The molecule has 2 amide bonds. The number of hydrogen-bond acceptors (Lipinski definition) is 6. The second-order valence-corrected chi connectivity index (χ2v) is 14.0. The topological polar surface area (TPSA) is 91.8 Å². The third-order valence-electron chi connectivity index (χ3n) is 7.76. The minimum Gasteiger partial charge on any atom is -0.497 e. The number of rotatable bonds is 8. The van der Waals surface area contributed by atoms with Gasteiger partial charge in [0.2, 0.25) is 10.0 Å². The van der Waals surface area contributed by atoms with E-state index >= 15 is 0 Å². The highest BCUT2D eigenvalue weighted by Crippen LogP contribution is 2.46. The van der Waals surface area contributed by atoms with Gasteiger partial charge in [0.15, 0.2) is 0 Å². The van der Waals surface area contributed by atoms with E-state index < -0.39 is 22.1 Å². The molecule has 5 rings (SSSR count). The number of sulfonamides is 1. The zero-order valence-electron chi connectivity index (χ0n) is 25.1. The lowest BCUT2D eigenvalue weighted by Gasteiger charge is -2.38. The highest BCUT2D eigenvalue weighted by atomic mass is 35.5. The number of nitrogens with zero attached hydrogens (tertiary/aromatic N) is 4. The summed E-state index contributed by atoms with van der Waals surface area (Å²) in [5.41, 5.74) is 2.35. The Bertz CT molecular complexity index is 1620. The Kier molecular flexibility index (Phi) is 9.74. The number of amidine groups is 1. The van der Waals surface area contributed by atoms with Gasteiger partial charge in [-0.2, -0.15) is 4.31 Å². The van der Waals surface area contributed by atoms with Crippen LogP contribution in [0, 0.1) is 0 Å². The van der Waals surface area contributed by atoms with Crippen LogP contribution >= 0.6 is 23.2 Å². The monoisotopic (exact) mass is 658 g/mol. The summed E-state index contributed by atoms with van der Waals surface area (Å²) in [6.45, 7) is 6.42. The number of piperazine rings is 1. The van der Waals surface area contributed by atoms with E-state index in [1.807, 2.05) is 62.4 Å². The first-order valence-electron chi connectivity index (χ1n) is 14.5. The van der Waals surface area contributed by atoms with Gasteiger partial charge < -0.3 is 14.4 Å². The summed E-state index contributed by atoms with van der Waals surface area (Å²) in [4.78, 5) is 23.3. The predicted octanol–water partition coefficient (Wildman–Crippen LogP) is 6.42. The summed E-state index contributed by atoms with van der Waals surface area (Å²) < 4.78 is 38.2. The molecular weight excluding hydrogens is 623 g/mol. The first kappa shape index (κ1) is 32.1. The molecule has 2 aliphatic rings. The van der Waals surface area contributed by atoms with Crippen LogP contribution < -0.4 is 9.47 Å². The van der Waals surface area contributed by atoms with Gasteiger partial charge in [-0.25, -0.2) is 13.2 Å². The van der Waals surface area contributed by atoms with E-state index in [4.69, 9.17) is 37.7 Å². The molecule has 0 radical (unpaired) electrons. The predicted molar refractivity (Wildman–Crippen MR) is 174 cm³/mol. The summed E-state index contributed by atoms with van der Waals surface area (Å²) >= 11 is 12.5. The Labute approximate surface area is 269 Å². The molecule has 12 heteroatoms. The first-order chi connectivity index (χ1) is 21.0. The van der Waals surface area contributed by atoms with Gasteiger partial charge in [-0.1, -0.05) is 47.5 Å². The van der Waals surface area contributed by atoms with Crippen molar-refractivity contribution >= 4 is 45.1 Å². The van der Waals surface area contributed by atoms with Crippen molar-refractivity contribution < 1.29 is 22.7 Å². The number of carbonyl (C=O) groups is 1. The molecule has 2 aliphatic heterocycles. The fraction of sp³-hybridized carbons (Fsp3) is 0.375. The van der Waals surface area contributed by atoms with Crippen molar-refractivity contribution in [2.75, 3.05) is 39.0 Å². The van der Waals surface area contributed by atoms with Crippen LogP contribution in [-0.2, 0) is 10.0 Å². The molecule has 234 valence electrons. The Morgan fingerprint density at radius 2 is 1.52 bits per heavy atom.